The van der Waals surface area contributed by atoms with Gasteiger partial charge in [-0.15, -0.1) is 0 Å². The zero-order valence-corrected chi connectivity index (χ0v) is 13.6. The Labute approximate surface area is 139 Å². The third kappa shape index (κ3) is 2.53. The largest absolute Gasteiger partial charge is 0.369 e. The summed E-state index contributed by atoms with van der Waals surface area (Å²) >= 11 is 0. The number of aryl methyl sites for hydroxylation is 1. The average Bonchev–Trinajstić information content (AvgIpc) is 3.37. The molecule has 2 amide bonds. The van der Waals surface area contributed by atoms with Crippen LogP contribution in [0, 0.1) is 12.8 Å². The second-order valence-corrected chi connectivity index (χ2v) is 6.81. The van der Waals surface area contributed by atoms with Gasteiger partial charge in [0, 0.05) is 24.7 Å². The summed E-state index contributed by atoms with van der Waals surface area (Å²) in [6.07, 6.45) is 3.70. The van der Waals surface area contributed by atoms with Crippen LogP contribution in [-0.4, -0.2) is 39.9 Å². The molecule has 2 aromatic rings. The van der Waals surface area contributed by atoms with E-state index in [4.69, 9.17) is 10.3 Å². The molecule has 24 heavy (non-hydrogen) atoms. The zero-order valence-electron chi connectivity index (χ0n) is 13.6. The van der Waals surface area contributed by atoms with Gasteiger partial charge in [0.25, 0.3) is 11.6 Å². The first-order valence-corrected chi connectivity index (χ1v) is 8.40. The Morgan fingerprint density at radius 1 is 1.33 bits per heavy atom. The van der Waals surface area contributed by atoms with Crippen LogP contribution in [0.3, 0.4) is 0 Å². The summed E-state index contributed by atoms with van der Waals surface area (Å²) in [5.41, 5.74) is 7.97. The van der Waals surface area contributed by atoms with Gasteiger partial charge in [-0.2, -0.15) is 0 Å². The number of hydrogen-bond acceptors (Lipinski definition) is 5. The van der Waals surface area contributed by atoms with E-state index in [2.05, 4.69) is 10.1 Å². The molecule has 2 fully saturated rings. The number of likely N-dealkylation sites (tertiary alicyclic amines) is 1. The van der Waals surface area contributed by atoms with Gasteiger partial charge in [-0.05, 0) is 38.7 Å². The number of fused-ring (bicyclic) bond motifs is 1. The molecule has 0 unspecified atom stereocenters. The molecule has 2 aliphatic rings. The topological polar surface area (TPSA) is 102 Å². The fourth-order valence-corrected chi connectivity index (χ4v) is 3.43. The van der Waals surface area contributed by atoms with E-state index in [1.807, 2.05) is 13.0 Å². The van der Waals surface area contributed by atoms with Crippen LogP contribution >= 0.6 is 0 Å². The van der Waals surface area contributed by atoms with Gasteiger partial charge in [-0.25, -0.2) is 4.98 Å². The molecule has 0 spiro atoms. The molecule has 1 aliphatic heterocycles. The van der Waals surface area contributed by atoms with Crippen molar-refractivity contribution in [2.24, 2.45) is 11.7 Å². The molecule has 0 bridgehead atoms. The molecule has 4 rings (SSSR count). The summed E-state index contributed by atoms with van der Waals surface area (Å²) in [5, 5.41) is 4.64. The summed E-state index contributed by atoms with van der Waals surface area (Å²) in [4.78, 5) is 30.8. The van der Waals surface area contributed by atoms with E-state index < -0.39 is 0 Å². The van der Waals surface area contributed by atoms with E-state index in [0.29, 0.717) is 41.4 Å². The van der Waals surface area contributed by atoms with Crippen LogP contribution in [-0.2, 0) is 4.79 Å². The fraction of sp³-hybridized carbons (Fsp3) is 0.529. The van der Waals surface area contributed by atoms with E-state index in [1.54, 1.807) is 4.90 Å². The molecule has 0 aromatic carbocycles. The number of rotatable bonds is 3. The molecule has 126 valence electrons. The van der Waals surface area contributed by atoms with Crippen LogP contribution in [0.2, 0.25) is 0 Å². The lowest BCUT2D eigenvalue weighted by Gasteiger charge is -2.31. The van der Waals surface area contributed by atoms with Crippen molar-refractivity contribution in [1.29, 1.82) is 0 Å². The minimum atomic E-state index is -0.341. The van der Waals surface area contributed by atoms with Crippen LogP contribution in [0.15, 0.2) is 10.6 Å². The van der Waals surface area contributed by atoms with Crippen molar-refractivity contribution in [2.45, 2.75) is 38.5 Å². The Morgan fingerprint density at radius 2 is 2.12 bits per heavy atom. The van der Waals surface area contributed by atoms with Crippen molar-refractivity contribution in [3.8, 4) is 0 Å². The molecule has 1 saturated carbocycles. The lowest BCUT2D eigenvalue weighted by molar-refractivity contribution is -0.123. The highest BCUT2D eigenvalue weighted by Crippen LogP contribution is 2.40. The fourth-order valence-electron chi connectivity index (χ4n) is 3.43. The van der Waals surface area contributed by atoms with Gasteiger partial charge in [0.15, 0.2) is 0 Å². The van der Waals surface area contributed by atoms with Crippen LogP contribution in [0.25, 0.3) is 11.1 Å². The summed E-state index contributed by atoms with van der Waals surface area (Å²) < 4.78 is 5.30. The molecule has 7 nitrogen and oxygen atoms in total. The highest BCUT2D eigenvalue weighted by atomic mass is 16.5. The van der Waals surface area contributed by atoms with Gasteiger partial charge in [-0.3, -0.25) is 9.59 Å². The highest BCUT2D eigenvalue weighted by molar-refractivity contribution is 6.06. The molecule has 0 radical (unpaired) electrons. The van der Waals surface area contributed by atoms with Gasteiger partial charge < -0.3 is 15.2 Å². The molecule has 3 heterocycles. The van der Waals surface area contributed by atoms with Gasteiger partial charge in [0.2, 0.25) is 5.91 Å². The van der Waals surface area contributed by atoms with Crippen molar-refractivity contribution in [2.75, 3.05) is 13.1 Å². The monoisotopic (exact) mass is 328 g/mol. The van der Waals surface area contributed by atoms with E-state index in [9.17, 15) is 9.59 Å². The molecular formula is C17H20N4O3. The van der Waals surface area contributed by atoms with Crippen molar-refractivity contribution in [3.63, 3.8) is 0 Å². The standard InChI is InChI=1S/C17H20N4O3/c1-9-14-12(7-13(10-4-5-10)19-16(14)24-20-9)17(23)21-6-2-3-11(8-21)15(18)22/h7,10-11H,2-6,8H2,1H3,(H2,18,22)/t11-/m0/s1. The smallest absolute Gasteiger partial charge is 0.259 e. The number of primary amides is 1. The minimum Gasteiger partial charge on any atom is -0.369 e. The number of carbonyl (C=O) groups is 2. The van der Waals surface area contributed by atoms with Crippen molar-refractivity contribution >= 4 is 22.9 Å². The first kappa shape index (κ1) is 15.1. The molecule has 1 atom stereocenters. The third-order valence-electron chi connectivity index (χ3n) is 4.97. The second kappa shape index (κ2) is 5.58. The van der Waals surface area contributed by atoms with Crippen LogP contribution in [0.1, 0.15) is 53.3 Å². The first-order valence-electron chi connectivity index (χ1n) is 8.40. The highest BCUT2D eigenvalue weighted by Gasteiger charge is 2.32. The molecule has 7 heteroatoms. The average molecular weight is 328 g/mol. The Hall–Kier alpha value is -2.44. The minimum absolute atomic E-state index is 0.0958. The van der Waals surface area contributed by atoms with Crippen LogP contribution in [0.5, 0.6) is 0 Å². The van der Waals surface area contributed by atoms with Crippen molar-refractivity contribution in [1.82, 2.24) is 15.0 Å². The predicted molar refractivity (Wildman–Crippen MR) is 86.3 cm³/mol. The number of aromatic nitrogens is 2. The number of nitrogens with two attached hydrogens (primary N) is 1. The Balaban J connectivity index is 1.73. The number of carbonyl (C=O) groups excluding carboxylic acids is 2. The second-order valence-electron chi connectivity index (χ2n) is 6.81. The Kier molecular flexibility index (Phi) is 3.51. The third-order valence-corrected chi connectivity index (χ3v) is 4.97. The molecule has 1 aliphatic carbocycles. The quantitative estimate of drug-likeness (QED) is 0.924. The van der Waals surface area contributed by atoms with E-state index in [-0.39, 0.29) is 17.7 Å². The predicted octanol–water partition coefficient (Wildman–Crippen LogP) is 1.75. The molecule has 2 aromatic heterocycles. The van der Waals surface area contributed by atoms with Gasteiger partial charge in [0.1, 0.15) is 0 Å². The Morgan fingerprint density at radius 3 is 2.83 bits per heavy atom. The first-order chi connectivity index (χ1) is 11.5. The Bertz CT molecular complexity index is 825. The number of nitrogens with zero attached hydrogens (tertiary/aromatic N) is 3. The molecule has 1 saturated heterocycles. The zero-order chi connectivity index (χ0) is 16.8. The molecular weight excluding hydrogens is 308 g/mol. The van der Waals surface area contributed by atoms with Crippen molar-refractivity contribution in [3.05, 3.63) is 23.0 Å². The van der Waals surface area contributed by atoms with Crippen LogP contribution in [0.4, 0.5) is 0 Å². The summed E-state index contributed by atoms with van der Waals surface area (Å²) in [5.74, 6) is -0.300. The van der Waals surface area contributed by atoms with E-state index >= 15 is 0 Å². The lowest BCUT2D eigenvalue weighted by Crippen LogP contribution is -2.44. The van der Waals surface area contributed by atoms with Crippen LogP contribution < -0.4 is 5.73 Å². The lowest BCUT2D eigenvalue weighted by atomic mass is 9.96. The number of amides is 2. The maximum absolute atomic E-state index is 13.1. The van der Waals surface area contributed by atoms with E-state index in [0.717, 1.165) is 31.4 Å². The maximum Gasteiger partial charge on any atom is 0.259 e. The number of piperidine rings is 1. The summed E-state index contributed by atoms with van der Waals surface area (Å²) in [6, 6.07) is 1.88. The van der Waals surface area contributed by atoms with Gasteiger partial charge in [0.05, 0.1) is 22.6 Å². The maximum atomic E-state index is 13.1. The molecule has 2 N–H and O–H groups in total. The summed E-state index contributed by atoms with van der Waals surface area (Å²) in [6.45, 7) is 2.82. The summed E-state index contributed by atoms with van der Waals surface area (Å²) in [7, 11) is 0. The van der Waals surface area contributed by atoms with Gasteiger partial charge in [-0.1, -0.05) is 5.16 Å². The normalized spacial score (nSPS) is 21.2. The number of hydrogen-bond donors (Lipinski definition) is 1. The number of pyridine rings is 1. The SMILES string of the molecule is Cc1noc2nc(C3CC3)cc(C(=O)N3CCC[C@H](C(N)=O)C3)c12. The van der Waals surface area contributed by atoms with Gasteiger partial charge >= 0.3 is 0 Å². The van der Waals surface area contributed by atoms with Crippen molar-refractivity contribution < 1.29 is 14.1 Å². The van der Waals surface area contributed by atoms with E-state index in [1.165, 1.54) is 0 Å².